The molecule has 0 bridgehead atoms. The minimum Gasteiger partial charge on any atom is -0.497 e. The van der Waals surface area contributed by atoms with Gasteiger partial charge < -0.3 is 4.74 Å². The van der Waals surface area contributed by atoms with E-state index in [0.717, 1.165) is 44.9 Å². The Balaban J connectivity index is 1.75. The van der Waals surface area contributed by atoms with E-state index in [-0.39, 0.29) is 0 Å². The van der Waals surface area contributed by atoms with Crippen LogP contribution in [0.3, 0.4) is 0 Å². The molecule has 0 aliphatic carbocycles. The van der Waals surface area contributed by atoms with Gasteiger partial charge in [0.1, 0.15) is 12.1 Å². The summed E-state index contributed by atoms with van der Waals surface area (Å²) in [6, 6.07) is 14.3. The molecule has 0 N–H and O–H groups in total. The van der Waals surface area contributed by atoms with Crippen molar-refractivity contribution in [3.05, 3.63) is 71.2 Å². The summed E-state index contributed by atoms with van der Waals surface area (Å²) in [5.41, 5.74) is 8.59. The van der Waals surface area contributed by atoms with E-state index in [0.29, 0.717) is 5.82 Å². The average molecular weight is 397 g/mol. The van der Waals surface area contributed by atoms with E-state index in [1.807, 2.05) is 24.3 Å². The smallest absolute Gasteiger partial charge is 0.182 e. The van der Waals surface area contributed by atoms with Crippen LogP contribution in [0, 0.1) is 27.7 Å². The second-order valence-corrected chi connectivity index (χ2v) is 7.71. The van der Waals surface area contributed by atoms with E-state index in [1.54, 1.807) is 18.0 Å². The number of hydrogen-bond acceptors (Lipinski definition) is 4. The van der Waals surface area contributed by atoms with Crippen molar-refractivity contribution in [1.82, 2.24) is 24.1 Å². The SMILES string of the molecule is COc1ccc(-c2nc3c4c(C)c(C)n(-c5ccc(C)cc5C)c4ncn3n2)cc1. The number of ether oxygens (including phenoxy) is 1. The fourth-order valence-corrected chi connectivity index (χ4v) is 4.07. The maximum Gasteiger partial charge on any atom is 0.182 e. The quantitative estimate of drug-likeness (QED) is 0.431. The lowest BCUT2D eigenvalue weighted by atomic mass is 10.1. The molecule has 2 aromatic carbocycles. The van der Waals surface area contributed by atoms with Crippen molar-refractivity contribution in [2.75, 3.05) is 7.11 Å². The summed E-state index contributed by atoms with van der Waals surface area (Å²) in [5, 5.41) is 5.69. The van der Waals surface area contributed by atoms with Gasteiger partial charge in [0.15, 0.2) is 17.1 Å². The molecule has 0 atom stereocenters. The molecule has 5 aromatic rings. The fourth-order valence-electron chi connectivity index (χ4n) is 4.07. The minimum atomic E-state index is 0.670. The van der Waals surface area contributed by atoms with Gasteiger partial charge in [0.25, 0.3) is 0 Å². The predicted molar refractivity (Wildman–Crippen MR) is 119 cm³/mol. The topological polar surface area (TPSA) is 57.2 Å². The zero-order valence-corrected chi connectivity index (χ0v) is 17.8. The second kappa shape index (κ2) is 6.69. The summed E-state index contributed by atoms with van der Waals surface area (Å²) in [7, 11) is 1.66. The molecule has 0 aliphatic heterocycles. The van der Waals surface area contributed by atoms with Gasteiger partial charge in [0.2, 0.25) is 0 Å². The van der Waals surface area contributed by atoms with Gasteiger partial charge >= 0.3 is 0 Å². The molecule has 0 amide bonds. The largest absolute Gasteiger partial charge is 0.497 e. The normalized spacial score (nSPS) is 11.5. The number of aromatic nitrogens is 5. The molecule has 5 rings (SSSR count). The van der Waals surface area contributed by atoms with Gasteiger partial charge in [-0.3, -0.25) is 4.57 Å². The first-order valence-corrected chi connectivity index (χ1v) is 9.93. The van der Waals surface area contributed by atoms with Crippen molar-refractivity contribution in [2.24, 2.45) is 0 Å². The van der Waals surface area contributed by atoms with Crippen LogP contribution < -0.4 is 4.74 Å². The third-order valence-corrected chi connectivity index (χ3v) is 5.77. The van der Waals surface area contributed by atoms with Gasteiger partial charge in [-0.2, -0.15) is 0 Å². The highest BCUT2D eigenvalue weighted by atomic mass is 16.5. The Hall–Kier alpha value is -3.67. The highest BCUT2D eigenvalue weighted by molar-refractivity contribution is 5.95. The number of nitrogens with zero attached hydrogens (tertiary/aromatic N) is 5. The highest BCUT2D eigenvalue weighted by Crippen LogP contribution is 2.32. The lowest BCUT2D eigenvalue weighted by Gasteiger charge is -2.12. The van der Waals surface area contributed by atoms with E-state index in [1.165, 1.54) is 11.1 Å². The van der Waals surface area contributed by atoms with E-state index in [4.69, 9.17) is 14.7 Å². The Morgan fingerprint density at radius 3 is 2.37 bits per heavy atom. The van der Waals surface area contributed by atoms with Crippen LogP contribution in [0.5, 0.6) is 5.75 Å². The molecule has 0 fully saturated rings. The number of aryl methyl sites for hydroxylation is 3. The Morgan fingerprint density at radius 1 is 0.900 bits per heavy atom. The molecule has 150 valence electrons. The van der Waals surface area contributed by atoms with Crippen LogP contribution >= 0.6 is 0 Å². The highest BCUT2D eigenvalue weighted by Gasteiger charge is 2.20. The summed E-state index contributed by atoms with van der Waals surface area (Å²) in [4.78, 5) is 9.64. The van der Waals surface area contributed by atoms with Crippen molar-refractivity contribution in [3.63, 3.8) is 0 Å². The average Bonchev–Trinajstić information content (AvgIpc) is 3.28. The molecule has 0 unspecified atom stereocenters. The maximum atomic E-state index is 5.25. The van der Waals surface area contributed by atoms with Crippen molar-refractivity contribution < 1.29 is 4.74 Å². The Kier molecular flexibility index (Phi) is 4.10. The standard InChI is InChI=1S/C24H23N5O/c1-14-6-11-20(15(2)12-14)29-17(4)16(3)21-23(29)25-13-28-24(21)26-22(27-28)18-7-9-19(30-5)10-8-18/h6-13H,1-5H3. The van der Waals surface area contributed by atoms with Crippen LogP contribution in [0.25, 0.3) is 33.8 Å². The van der Waals surface area contributed by atoms with Gasteiger partial charge in [-0.15, -0.1) is 5.10 Å². The van der Waals surface area contributed by atoms with E-state index < -0.39 is 0 Å². The van der Waals surface area contributed by atoms with Gasteiger partial charge in [-0.05, 0) is 69.2 Å². The second-order valence-electron chi connectivity index (χ2n) is 7.71. The summed E-state index contributed by atoms with van der Waals surface area (Å²) in [5.74, 6) is 1.48. The van der Waals surface area contributed by atoms with Gasteiger partial charge in [0.05, 0.1) is 18.2 Å². The first-order valence-electron chi connectivity index (χ1n) is 9.93. The van der Waals surface area contributed by atoms with E-state index in [9.17, 15) is 0 Å². The molecule has 0 aliphatic rings. The van der Waals surface area contributed by atoms with Gasteiger partial charge in [-0.25, -0.2) is 14.5 Å². The Morgan fingerprint density at radius 2 is 1.67 bits per heavy atom. The van der Waals surface area contributed by atoms with Crippen LogP contribution in [0.15, 0.2) is 48.8 Å². The zero-order valence-electron chi connectivity index (χ0n) is 17.8. The summed E-state index contributed by atoms with van der Waals surface area (Å²) in [6.07, 6.45) is 1.75. The van der Waals surface area contributed by atoms with Crippen LogP contribution in [0.4, 0.5) is 0 Å². The summed E-state index contributed by atoms with van der Waals surface area (Å²) in [6.45, 7) is 8.51. The third kappa shape index (κ3) is 2.68. The van der Waals surface area contributed by atoms with Crippen LogP contribution in [-0.4, -0.2) is 31.3 Å². The molecule has 6 heteroatoms. The number of methoxy groups -OCH3 is 1. The number of rotatable bonds is 3. The van der Waals surface area contributed by atoms with Gasteiger partial charge in [-0.1, -0.05) is 17.7 Å². The molecule has 3 aromatic heterocycles. The Bertz CT molecular complexity index is 1410. The number of hydrogen-bond donors (Lipinski definition) is 0. The summed E-state index contributed by atoms with van der Waals surface area (Å²) >= 11 is 0. The molecule has 0 saturated carbocycles. The van der Waals surface area contributed by atoms with Crippen molar-refractivity contribution >= 4 is 16.7 Å². The molecular weight excluding hydrogens is 374 g/mol. The molecule has 0 saturated heterocycles. The lowest BCUT2D eigenvalue weighted by molar-refractivity contribution is 0.415. The first-order chi connectivity index (χ1) is 14.5. The van der Waals surface area contributed by atoms with E-state index in [2.05, 4.69) is 55.6 Å². The number of benzene rings is 2. The lowest BCUT2D eigenvalue weighted by Crippen LogP contribution is -2.01. The summed E-state index contributed by atoms with van der Waals surface area (Å²) < 4.78 is 9.24. The fraction of sp³-hybridized carbons (Fsp3) is 0.208. The molecule has 6 nitrogen and oxygen atoms in total. The molecule has 3 heterocycles. The van der Waals surface area contributed by atoms with Crippen molar-refractivity contribution in [2.45, 2.75) is 27.7 Å². The third-order valence-electron chi connectivity index (χ3n) is 5.77. The first kappa shape index (κ1) is 18.4. The molecular formula is C24H23N5O. The maximum absolute atomic E-state index is 5.25. The van der Waals surface area contributed by atoms with Crippen molar-refractivity contribution in [3.8, 4) is 22.8 Å². The van der Waals surface area contributed by atoms with E-state index >= 15 is 0 Å². The van der Waals surface area contributed by atoms with Crippen LogP contribution in [-0.2, 0) is 0 Å². The molecule has 30 heavy (non-hydrogen) atoms. The van der Waals surface area contributed by atoms with Gasteiger partial charge in [0, 0.05) is 11.3 Å². The van der Waals surface area contributed by atoms with Crippen molar-refractivity contribution in [1.29, 1.82) is 0 Å². The molecule has 0 radical (unpaired) electrons. The Labute approximate surface area is 174 Å². The number of fused-ring (bicyclic) bond motifs is 3. The zero-order chi connectivity index (χ0) is 21.0. The minimum absolute atomic E-state index is 0.670. The molecule has 0 spiro atoms. The van der Waals surface area contributed by atoms with Crippen LogP contribution in [0.2, 0.25) is 0 Å². The predicted octanol–water partition coefficient (Wildman–Crippen LogP) is 4.98. The monoisotopic (exact) mass is 397 g/mol. The van der Waals surface area contributed by atoms with Crippen LogP contribution in [0.1, 0.15) is 22.4 Å².